The number of benzene rings is 2. The van der Waals surface area contributed by atoms with Gasteiger partial charge in [0, 0.05) is 15.4 Å². The van der Waals surface area contributed by atoms with Gasteiger partial charge in [-0.05, 0) is 41.9 Å². The molecule has 3 aliphatic rings. The van der Waals surface area contributed by atoms with Crippen LogP contribution in [0.2, 0.25) is 0 Å². The Balaban J connectivity index is 1.78. The molecule has 3 nitrogen and oxygen atoms in total. The van der Waals surface area contributed by atoms with E-state index < -0.39 is 13.9 Å². The standard InChI is InChI=1S/C23H26O3P/c1-21(2)17-13-14-22(3,15-17)23(21)19-12-8-7-11-18(19)20(25-27(24)26-23)16-9-5-4-6-10-16/h4-12,17,20H,13-15H2,1-3H3/q+1/t17-,20+,22+,23-/m0/s1. The fourth-order valence-electron chi connectivity index (χ4n) is 6.38. The lowest BCUT2D eigenvalue weighted by Crippen LogP contribution is -2.52. The highest BCUT2D eigenvalue weighted by molar-refractivity contribution is 7.33. The topological polar surface area (TPSA) is 35.5 Å². The van der Waals surface area contributed by atoms with Crippen LogP contribution in [0.1, 0.15) is 62.8 Å². The van der Waals surface area contributed by atoms with Gasteiger partial charge in [-0.3, -0.25) is 0 Å². The predicted octanol–water partition coefficient (Wildman–Crippen LogP) is 6.52. The van der Waals surface area contributed by atoms with Crippen molar-refractivity contribution in [2.24, 2.45) is 16.7 Å². The summed E-state index contributed by atoms with van der Waals surface area (Å²) in [6.07, 6.45) is 3.07. The third-order valence-corrected chi connectivity index (χ3v) is 8.45. The quantitative estimate of drug-likeness (QED) is 0.527. The molecule has 1 unspecified atom stereocenters. The van der Waals surface area contributed by atoms with Crippen molar-refractivity contribution in [1.82, 2.24) is 0 Å². The molecule has 0 amide bonds. The minimum Gasteiger partial charge on any atom is -0.106 e. The van der Waals surface area contributed by atoms with E-state index in [-0.39, 0.29) is 16.9 Å². The van der Waals surface area contributed by atoms with Crippen LogP contribution in [0.4, 0.5) is 0 Å². The van der Waals surface area contributed by atoms with Gasteiger partial charge in [0.15, 0.2) is 11.7 Å². The minimum atomic E-state index is -2.24. The third kappa shape index (κ3) is 2.17. The van der Waals surface area contributed by atoms with Gasteiger partial charge >= 0.3 is 8.25 Å². The second-order valence-electron chi connectivity index (χ2n) is 9.20. The number of fused-ring (bicyclic) bond motifs is 5. The summed E-state index contributed by atoms with van der Waals surface area (Å²) in [5.41, 5.74) is 2.55. The van der Waals surface area contributed by atoms with Gasteiger partial charge in [-0.2, -0.15) is 0 Å². The van der Waals surface area contributed by atoms with Crippen LogP contribution in [-0.2, 0) is 19.2 Å². The lowest BCUT2D eigenvalue weighted by atomic mass is 9.57. The number of hydrogen-bond donors (Lipinski definition) is 0. The highest BCUT2D eigenvalue weighted by Crippen LogP contribution is 2.76. The van der Waals surface area contributed by atoms with E-state index in [0.29, 0.717) is 5.92 Å². The largest absolute Gasteiger partial charge is 0.699 e. The van der Waals surface area contributed by atoms with Crippen molar-refractivity contribution in [2.75, 3.05) is 0 Å². The van der Waals surface area contributed by atoms with E-state index >= 15 is 0 Å². The second kappa shape index (κ2) is 5.73. The van der Waals surface area contributed by atoms with Crippen molar-refractivity contribution < 1.29 is 13.6 Å². The van der Waals surface area contributed by atoms with Crippen molar-refractivity contribution in [3.05, 3.63) is 71.3 Å². The Labute approximate surface area is 162 Å². The van der Waals surface area contributed by atoms with Crippen LogP contribution in [0.5, 0.6) is 0 Å². The molecular weight excluding hydrogens is 355 g/mol. The fourth-order valence-corrected chi connectivity index (χ4v) is 7.61. The van der Waals surface area contributed by atoms with E-state index in [1.54, 1.807) is 0 Å². The minimum absolute atomic E-state index is 0.0306. The molecule has 5 atom stereocenters. The Morgan fingerprint density at radius 3 is 2.41 bits per heavy atom. The highest BCUT2D eigenvalue weighted by Gasteiger charge is 2.75. The Kier molecular flexibility index (Phi) is 3.73. The molecule has 0 aromatic heterocycles. The molecule has 2 bridgehead atoms. The normalized spacial score (nSPS) is 38.0. The van der Waals surface area contributed by atoms with Crippen LogP contribution in [-0.4, -0.2) is 0 Å². The molecule has 2 aliphatic carbocycles. The molecule has 2 aromatic rings. The summed E-state index contributed by atoms with van der Waals surface area (Å²) in [7, 11) is -2.24. The first-order valence-corrected chi connectivity index (χ1v) is 11.0. The molecule has 1 spiro atoms. The summed E-state index contributed by atoms with van der Waals surface area (Å²) in [5, 5.41) is 0. The summed E-state index contributed by atoms with van der Waals surface area (Å²) in [5.74, 6) is 0.576. The van der Waals surface area contributed by atoms with E-state index in [1.165, 1.54) is 6.42 Å². The SMILES string of the molecule is CC1(C)[C@H]2CC[C@](C)(C2)[C@@]12O[P+](=O)O[C@H](c1ccccc1)c1ccccc12. The molecule has 1 aliphatic heterocycles. The maximum absolute atomic E-state index is 13.1. The summed E-state index contributed by atoms with van der Waals surface area (Å²) < 4.78 is 25.6. The lowest BCUT2D eigenvalue weighted by molar-refractivity contribution is -0.128. The molecule has 27 heavy (non-hydrogen) atoms. The first kappa shape index (κ1) is 17.6. The first-order valence-electron chi connectivity index (χ1n) is 9.87. The fraction of sp³-hybridized carbons (Fsp3) is 0.478. The molecular formula is C23H26O3P+. The van der Waals surface area contributed by atoms with E-state index in [2.05, 4.69) is 39.0 Å². The van der Waals surface area contributed by atoms with E-state index in [0.717, 1.165) is 29.5 Å². The van der Waals surface area contributed by atoms with Crippen molar-refractivity contribution in [2.45, 2.75) is 51.7 Å². The zero-order chi connectivity index (χ0) is 18.9. The van der Waals surface area contributed by atoms with Gasteiger partial charge < -0.3 is 0 Å². The third-order valence-electron chi connectivity index (χ3n) is 7.65. The van der Waals surface area contributed by atoms with Gasteiger partial charge in [0.2, 0.25) is 0 Å². The summed E-state index contributed by atoms with van der Waals surface area (Å²) in [4.78, 5) is 0. The highest BCUT2D eigenvalue weighted by atomic mass is 31.1. The average Bonchev–Trinajstić information content (AvgIpc) is 3.09. The average molecular weight is 381 g/mol. The molecule has 5 rings (SSSR count). The zero-order valence-corrected chi connectivity index (χ0v) is 17.0. The molecule has 1 heterocycles. The van der Waals surface area contributed by atoms with E-state index in [1.807, 2.05) is 36.4 Å². The van der Waals surface area contributed by atoms with Gasteiger partial charge in [-0.25, -0.2) is 0 Å². The summed E-state index contributed by atoms with van der Waals surface area (Å²) in [6, 6.07) is 18.5. The Morgan fingerprint density at radius 2 is 1.70 bits per heavy atom. The summed E-state index contributed by atoms with van der Waals surface area (Å²) in [6.45, 7) is 6.92. The lowest BCUT2D eigenvalue weighted by Gasteiger charge is -2.50. The van der Waals surface area contributed by atoms with Crippen LogP contribution < -0.4 is 0 Å². The molecule has 2 saturated carbocycles. The van der Waals surface area contributed by atoms with Crippen LogP contribution in [0.3, 0.4) is 0 Å². The van der Waals surface area contributed by atoms with Gasteiger partial charge in [0.1, 0.15) is 0 Å². The smallest absolute Gasteiger partial charge is 0.106 e. The van der Waals surface area contributed by atoms with Gasteiger partial charge in [0.25, 0.3) is 0 Å². The Morgan fingerprint density at radius 1 is 1.00 bits per heavy atom. The van der Waals surface area contributed by atoms with Crippen molar-refractivity contribution in [3.8, 4) is 0 Å². The van der Waals surface area contributed by atoms with E-state index in [4.69, 9.17) is 9.05 Å². The van der Waals surface area contributed by atoms with Crippen LogP contribution in [0.15, 0.2) is 54.6 Å². The Hall–Kier alpha value is -1.54. The van der Waals surface area contributed by atoms with Crippen molar-refractivity contribution in [1.29, 1.82) is 0 Å². The van der Waals surface area contributed by atoms with E-state index in [9.17, 15) is 4.57 Å². The number of hydrogen-bond acceptors (Lipinski definition) is 3. The van der Waals surface area contributed by atoms with Gasteiger partial charge in [0.05, 0.1) is 0 Å². The number of rotatable bonds is 1. The van der Waals surface area contributed by atoms with Crippen molar-refractivity contribution >= 4 is 8.25 Å². The Bertz CT molecular complexity index is 902. The summed E-state index contributed by atoms with van der Waals surface area (Å²) >= 11 is 0. The molecule has 140 valence electrons. The zero-order valence-electron chi connectivity index (χ0n) is 16.1. The van der Waals surface area contributed by atoms with Gasteiger partial charge in [-0.15, -0.1) is 9.05 Å². The molecule has 0 N–H and O–H groups in total. The van der Waals surface area contributed by atoms with Crippen molar-refractivity contribution in [3.63, 3.8) is 0 Å². The first-order chi connectivity index (χ1) is 12.9. The van der Waals surface area contributed by atoms with Crippen LogP contribution >= 0.6 is 8.25 Å². The molecule has 2 fully saturated rings. The maximum Gasteiger partial charge on any atom is 0.699 e. The second-order valence-corrected chi connectivity index (χ2v) is 10.0. The molecule has 4 heteroatoms. The monoisotopic (exact) mass is 381 g/mol. The molecule has 0 saturated heterocycles. The van der Waals surface area contributed by atoms with Crippen LogP contribution in [0, 0.1) is 16.7 Å². The predicted molar refractivity (Wildman–Crippen MR) is 105 cm³/mol. The van der Waals surface area contributed by atoms with Gasteiger partial charge in [-0.1, -0.05) is 75.4 Å². The maximum atomic E-state index is 13.1. The molecule has 2 aromatic carbocycles. The molecule has 0 radical (unpaired) electrons. The van der Waals surface area contributed by atoms with Crippen LogP contribution in [0.25, 0.3) is 0 Å².